The molecule has 1 aromatic rings. The van der Waals surface area contributed by atoms with Gasteiger partial charge in [-0.1, -0.05) is 12.8 Å². The number of benzene rings is 1. The largest absolute Gasteiger partial charge is 0.573 e. The molecule has 0 unspecified atom stereocenters. The smallest absolute Gasteiger partial charge is 0.508 e. The van der Waals surface area contributed by atoms with Crippen molar-refractivity contribution < 1.29 is 23.0 Å². The number of aromatic hydroxyl groups is 1. The van der Waals surface area contributed by atoms with Gasteiger partial charge < -0.3 is 15.2 Å². The van der Waals surface area contributed by atoms with Crippen LogP contribution in [-0.4, -0.2) is 42.5 Å². The molecule has 150 valence electrons. The molecule has 0 bridgehead atoms. The first-order valence-corrected chi connectivity index (χ1v) is 8.47. The highest BCUT2D eigenvalue weighted by Crippen LogP contribution is 2.43. The van der Waals surface area contributed by atoms with Crippen LogP contribution in [0.5, 0.6) is 11.5 Å². The molecule has 0 radical (unpaired) electrons. The maximum atomic E-state index is 12.5. The highest BCUT2D eigenvalue weighted by Gasteiger charge is 2.35. The highest BCUT2D eigenvalue weighted by molar-refractivity contribution is 5.85. The highest BCUT2D eigenvalue weighted by atomic mass is 35.5. The summed E-state index contributed by atoms with van der Waals surface area (Å²) in [6, 6.07) is 3.76. The Morgan fingerprint density at radius 1 is 1.12 bits per heavy atom. The van der Waals surface area contributed by atoms with Crippen molar-refractivity contribution >= 4 is 24.8 Å². The summed E-state index contributed by atoms with van der Waals surface area (Å²) in [5.74, 6) is 0.128. The van der Waals surface area contributed by atoms with Crippen LogP contribution in [0, 0.1) is 5.92 Å². The summed E-state index contributed by atoms with van der Waals surface area (Å²) in [6.45, 7) is 3.35. The van der Waals surface area contributed by atoms with E-state index in [1.807, 2.05) is 0 Å². The van der Waals surface area contributed by atoms with E-state index in [1.54, 1.807) is 0 Å². The van der Waals surface area contributed by atoms with Gasteiger partial charge in [0.2, 0.25) is 0 Å². The summed E-state index contributed by atoms with van der Waals surface area (Å²) in [4.78, 5) is 2.28. The molecule has 1 aromatic carbocycles. The fourth-order valence-electron chi connectivity index (χ4n) is 3.95. The number of piperazine rings is 1. The number of halogens is 5. The molecule has 0 amide bonds. The first-order chi connectivity index (χ1) is 11.4. The molecule has 1 aliphatic carbocycles. The second-order valence-corrected chi connectivity index (χ2v) is 6.54. The Hall–Kier alpha value is -0.890. The normalized spacial score (nSPS) is 20.1. The zero-order chi connectivity index (χ0) is 17.2. The molecular weight excluding hydrogens is 392 g/mol. The fourth-order valence-corrected chi connectivity index (χ4v) is 3.95. The van der Waals surface area contributed by atoms with Gasteiger partial charge in [0.25, 0.3) is 0 Å². The minimum absolute atomic E-state index is 0. The van der Waals surface area contributed by atoms with Crippen LogP contribution in [0.3, 0.4) is 0 Å². The minimum atomic E-state index is -4.73. The van der Waals surface area contributed by atoms with E-state index >= 15 is 0 Å². The predicted molar refractivity (Wildman–Crippen MR) is 98.4 cm³/mol. The molecule has 0 spiro atoms. The number of nitrogens with one attached hydrogen (secondary N) is 1. The number of rotatable bonds is 4. The number of ether oxygens (including phenoxy) is 1. The standard InChI is InChI=1S/C17H23F3N2O2.2ClH/c18-17(19,20)24-13-5-6-15(23)14(11-13)16(12-3-1-2-4-12)22-9-7-21-8-10-22;;/h5-6,11-12,16,21,23H,1-4,7-10H2;2*1H/t16-;;/m0../s1. The monoisotopic (exact) mass is 416 g/mol. The van der Waals surface area contributed by atoms with Gasteiger partial charge in [0, 0.05) is 37.8 Å². The molecule has 0 aromatic heterocycles. The van der Waals surface area contributed by atoms with E-state index in [4.69, 9.17) is 0 Å². The van der Waals surface area contributed by atoms with Crippen molar-refractivity contribution in [1.29, 1.82) is 0 Å². The Balaban J connectivity index is 0.00000169. The molecule has 2 N–H and O–H groups in total. The van der Waals surface area contributed by atoms with Gasteiger partial charge in [-0.15, -0.1) is 38.0 Å². The van der Waals surface area contributed by atoms with E-state index < -0.39 is 6.36 Å². The summed E-state index contributed by atoms with van der Waals surface area (Å²) in [7, 11) is 0. The number of hydrogen-bond donors (Lipinski definition) is 2. The number of nitrogens with zero attached hydrogens (tertiary/aromatic N) is 1. The number of alkyl halides is 3. The molecule has 1 aliphatic heterocycles. The Kier molecular flexibility index (Phi) is 8.79. The van der Waals surface area contributed by atoms with E-state index in [0.29, 0.717) is 11.5 Å². The molecule has 4 nitrogen and oxygen atoms in total. The van der Waals surface area contributed by atoms with Crippen molar-refractivity contribution in [3.63, 3.8) is 0 Å². The number of phenolic OH excluding ortho intramolecular Hbond substituents is 1. The maximum Gasteiger partial charge on any atom is 0.573 e. The van der Waals surface area contributed by atoms with Crippen molar-refractivity contribution in [2.75, 3.05) is 26.2 Å². The molecule has 1 saturated carbocycles. The fraction of sp³-hybridized carbons (Fsp3) is 0.647. The number of phenols is 1. The van der Waals surface area contributed by atoms with Crippen LogP contribution in [0.15, 0.2) is 18.2 Å². The van der Waals surface area contributed by atoms with E-state index in [1.165, 1.54) is 12.1 Å². The van der Waals surface area contributed by atoms with Gasteiger partial charge in [-0.05, 0) is 37.0 Å². The lowest BCUT2D eigenvalue weighted by Gasteiger charge is -2.39. The Morgan fingerprint density at radius 2 is 1.73 bits per heavy atom. The van der Waals surface area contributed by atoms with Crippen LogP contribution < -0.4 is 10.1 Å². The second kappa shape index (κ2) is 9.88. The SMILES string of the molecule is Cl.Cl.Oc1ccc(OC(F)(F)F)cc1[C@H](C1CCCC1)N1CCNCC1. The van der Waals surface area contributed by atoms with Gasteiger partial charge in [-0.25, -0.2) is 0 Å². The summed E-state index contributed by atoms with van der Waals surface area (Å²) >= 11 is 0. The molecule has 2 aliphatic rings. The van der Waals surface area contributed by atoms with Gasteiger partial charge in [0.05, 0.1) is 0 Å². The van der Waals surface area contributed by atoms with Gasteiger partial charge in [0.1, 0.15) is 11.5 Å². The van der Waals surface area contributed by atoms with Gasteiger partial charge >= 0.3 is 6.36 Å². The van der Waals surface area contributed by atoms with Crippen LogP contribution in [0.4, 0.5) is 13.2 Å². The van der Waals surface area contributed by atoms with Crippen LogP contribution in [-0.2, 0) is 0 Å². The van der Waals surface area contributed by atoms with Gasteiger partial charge in [0.15, 0.2) is 0 Å². The zero-order valence-corrected chi connectivity index (χ0v) is 15.9. The van der Waals surface area contributed by atoms with Crippen molar-refractivity contribution in [2.24, 2.45) is 5.92 Å². The molecule has 1 heterocycles. The average molecular weight is 417 g/mol. The van der Waals surface area contributed by atoms with Crippen LogP contribution in [0.25, 0.3) is 0 Å². The summed E-state index contributed by atoms with van der Waals surface area (Å²) in [5, 5.41) is 13.6. The van der Waals surface area contributed by atoms with Crippen molar-refractivity contribution in [1.82, 2.24) is 10.2 Å². The van der Waals surface area contributed by atoms with E-state index in [2.05, 4.69) is 15.0 Å². The van der Waals surface area contributed by atoms with Crippen molar-refractivity contribution in [3.05, 3.63) is 23.8 Å². The van der Waals surface area contributed by atoms with Crippen molar-refractivity contribution in [3.8, 4) is 11.5 Å². The molecular formula is C17H25Cl2F3N2O2. The summed E-state index contributed by atoms with van der Waals surface area (Å²) in [5.41, 5.74) is 0.547. The van der Waals surface area contributed by atoms with E-state index in [9.17, 15) is 18.3 Å². The molecule has 2 fully saturated rings. The van der Waals surface area contributed by atoms with E-state index in [0.717, 1.165) is 57.9 Å². The quantitative estimate of drug-likeness (QED) is 0.768. The molecule has 1 atom stereocenters. The third-order valence-corrected chi connectivity index (χ3v) is 4.94. The van der Waals surface area contributed by atoms with Crippen LogP contribution in [0.1, 0.15) is 37.3 Å². The third kappa shape index (κ3) is 5.81. The Morgan fingerprint density at radius 3 is 2.31 bits per heavy atom. The lowest BCUT2D eigenvalue weighted by molar-refractivity contribution is -0.274. The lowest BCUT2D eigenvalue weighted by atomic mass is 9.89. The first kappa shape index (κ1) is 23.1. The van der Waals surface area contributed by atoms with E-state index in [-0.39, 0.29) is 42.4 Å². The lowest BCUT2D eigenvalue weighted by Crippen LogP contribution is -2.46. The molecule has 1 saturated heterocycles. The van der Waals surface area contributed by atoms with Gasteiger partial charge in [-0.2, -0.15) is 0 Å². The van der Waals surface area contributed by atoms with Crippen molar-refractivity contribution in [2.45, 2.75) is 38.1 Å². The Bertz CT molecular complexity index is 563. The minimum Gasteiger partial charge on any atom is -0.508 e. The average Bonchev–Trinajstić information content (AvgIpc) is 3.04. The summed E-state index contributed by atoms with van der Waals surface area (Å²) < 4.78 is 41.6. The predicted octanol–water partition coefficient (Wildman–Crippen LogP) is 4.27. The maximum absolute atomic E-state index is 12.5. The zero-order valence-electron chi connectivity index (χ0n) is 14.3. The number of hydrogen-bond acceptors (Lipinski definition) is 4. The van der Waals surface area contributed by atoms with Crippen LogP contribution >= 0.6 is 24.8 Å². The van der Waals surface area contributed by atoms with Crippen LogP contribution in [0.2, 0.25) is 0 Å². The molecule has 3 rings (SSSR count). The second-order valence-electron chi connectivity index (χ2n) is 6.54. The molecule has 26 heavy (non-hydrogen) atoms. The topological polar surface area (TPSA) is 44.7 Å². The Labute approximate surface area is 163 Å². The third-order valence-electron chi connectivity index (χ3n) is 4.94. The van der Waals surface area contributed by atoms with Gasteiger partial charge in [-0.3, -0.25) is 4.90 Å². The first-order valence-electron chi connectivity index (χ1n) is 8.47. The summed E-state index contributed by atoms with van der Waals surface area (Å²) in [6.07, 6.45) is -0.386. The molecule has 9 heteroatoms.